The molecule has 44 heavy (non-hydrogen) atoms. The largest absolute Gasteiger partial charge is 0.310 e. The molecule has 0 amide bonds. The van der Waals surface area contributed by atoms with Crippen LogP contribution in [0.1, 0.15) is 41.7 Å². The first-order valence-corrected chi connectivity index (χ1v) is 15.4. The maximum atomic E-state index is 2.45. The quantitative estimate of drug-likeness (QED) is 0.203. The van der Waals surface area contributed by atoms with E-state index in [1.807, 2.05) is 0 Å². The van der Waals surface area contributed by atoms with E-state index >= 15 is 0 Å². The number of fused-ring (bicyclic) bond motifs is 2. The highest BCUT2D eigenvalue weighted by atomic mass is 15.2. The first-order valence-electron chi connectivity index (χ1n) is 15.4. The van der Waals surface area contributed by atoms with Crippen LogP contribution in [0.5, 0.6) is 0 Å². The van der Waals surface area contributed by atoms with Gasteiger partial charge in [0.1, 0.15) is 0 Å². The van der Waals surface area contributed by atoms with Crippen LogP contribution in [0, 0.1) is 20.8 Å². The molecule has 6 aromatic carbocycles. The monoisotopic (exact) mass is 570 g/mol. The van der Waals surface area contributed by atoms with Gasteiger partial charge < -0.3 is 9.80 Å². The molecule has 7 rings (SSSR count). The van der Waals surface area contributed by atoms with E-state index < -0.39 is 0 Å². The number of benzene rings is 6. The molecule has 0 saturated carbocycles. The van der Waals surface area contributed by atoms with Crippen molar-refractivity contribution < 1.29 is 0 Å². The highest BCUT2D eigenvalue weighted by Gasteiger charge is 2.36. The lowest BCUT2D eigenvalue weighted by Crippen LogP contribution is -2.30. The highest BCUT2D eigenvalue weighted by Crippen LogP contribution is 2.52. The standard InChI is InChI=1S/C42H38N2/c1-29-25-30(2)27-36(26-29)43(34-21-19-33(20-22-34)32-13-7-6-8-14-32)35-23-24-39(31(3)28-35)44-40-17-11-9-15-37(40)42(4,5)38-16-10-12-18-41(38)44/h6-28H,1-5H3. The fourth-order valence-corrected chi connectivity index (χ4v) is 6.92. The summed E-state index contributed by atoms with van der Waals surface area (Å²) in [6.07, 6.45) is 0. The third-order valence-corrected chi connectivity index (χ3v) is 9.01. The van der Waals surface area contributed by atoms with Gasteiger partial charge in [-0.15, -0.1) is 0 Å². The summed E-state index contributed by atoms with van der Waals surface area (Å²) in [4.78, 5) is 4.83. The van der Waals surface area contributed by atoms with E-state index in [-0.39, 0.29) is 5.41 Å². The number of para-hydroxylation sites is 2. The van der Waals surface area contributed by atoms with Gasteiger partial charge in [0.2, 0.25) is 0 Å². The zero-order chi connectivity index (χ0) is 30.4. The van der Waals surface area contributed by atoms with Crippen molar-refractivity contribution in [3.8, 4) is 11.1 Å². The van der Waals surface area contributed by atoms with Gasteiger partial charge in [-0.3, -0.25) is 0 Å². The van der Waals surface area contributed by atoms with Crippen molar-refractivity contribution in [2.75, 3.05) is 9.80 Å². The number of hydrogen-bond donors (Lipinski definition) is 0. The van der Waals surface area contributed by atoms with Gasteiger partial charge in [-0.05, 0) is 114 Å². The van der Waals surface area contributed by atoms with Crippen LogP contribution in [-0.4, -0.2) is 0 Å². The molecular weight excluding hydrogens is 532 g/mol. The van der Waals surface area contributed by atoms with Crippen LogP contribution in [0.3, 0.4) is 0 Å². The van der Waals surface area contributed by atoms with Crippen LogP contribution >= 0.6 is 0 Å². The lowest BCUT2D eigenvalue weighted by Gasteiger charge is -2.42. The second-order valence-electron chi connectivity index (χ2n) is 12.6. The maximum Gasteiger partial charge on any atom is 0.0502 e. The lowest BCUT2D eigenvalue weighted by atomic mass is 9.73. The van der Waals surface area contributed by atoms with Crippen molar-refractivity contribution in [3.63, 3.8) is 0 Å². The van der Waals surface area contributed by atoms with Gasteiger partial charge in [0.15, 0.2) is 0 Å². The molecule has 0 bridgehead atoms. The Morgan fingerprint density at radius 1 is 0.455 bits per heavy atom. The number of anilines is 6. The molecule has 0 radical (unpaired) electrons. The number of hydrogen-bond acceptors (Lipinski definition) is 2. The fraction of sp³-hybridized carbons (Fsp3) is 0.143. The van der Waals surface area contributed by atoms with Crippen LogP contribution in [0.25, 0.3) is 11.1 Å². The summed E-state index contributed by atoms with van der Waals surface area (Å²) in [5.41, 5.74) is 15.9. The van der Waals surface area contributed by atoms with E-state index in [4.69, 9.17) is 0 Å². The summed E-state index contributed by atoms with van der Waals surface area (Å²) < 4.78 is 0. The molecule has 0 unspecified atom stereocenters. The molecule has 0 saturated heterocycles. The molecule has 0 spiro atoms. The fourth-order valence-electron chi connectivity index (χ4n) is 6.92. The van der Waals surface area contributed by atoms with Crippen molar-refractivity contribution in [3.05, 3.63) is 167 Å². The van der Waals surface area contributed by atoms with Gasteiger partial charge in [-0.25, -0.2) is 0 Å². The summed E-state index contributed by atoms with van der Waals surface area (Å²) in [7, 11) is 0. The van der Waals surface area contributed by atoms with Gasteiger partial charge in [-0.2, -0.15) is 0 Å². The molecule has 1 aliphatic rings. The first-order chi connectivity index (χ1) is 21.3. The number of aryl methyl sites for hydroxylation is 3. The normalized spacial score (nSPS) is 13.2. The molecule has 0 fully saturated rings. The summed E-state index contributed by atoms with van der Waals surface area (Å²) in [5, 5.41) is 0. The molecule has 6 aromatic rings. The topological polar surface area (TPSA) is 6.48 Å². The van der Waals surface area contributed by atoms with Crippen LogP contribution in [-0.2, 0) is 5.41 Å². The molecule has 216 valence electrons. The van der Waals surface area contributed by atoms with Gasteiger partial charge in [0.05, 0.1) is 11.4 Å². The summed E-state index contributed by atoms with van der Waals surface area (Å²) >= 11 is 0. The number of rotatable bonds is 5. The van der Waals surface area contributed by atoms with Crippen molar-refractivity contribution in [2.24, 2.45) is 0 Å². The second-order valence-corrected chi connectivity index (χ2v) is 12.6. The first kappa shape index (κ1) is 27.7. The van der Waals surface area contributed by atoms with Crippen LogP contribution < -0.4 is 9.80 Å². The zero-order valence-electron chi connectivity index (χ0n) is 26.2. The van der Waals surface area contributed by atoms with Crippen molar-refractivity contribution in [1.82, 2.24) is 0 Å². The Kier molecular flexibility index (Phi) is 6.86. The lowest BCUT2D eigenvalue weighted by molar-refractivity contribution is 0.632. The van der Waals surface area contributed by atoms with E-state index in [0.29, 0.717) is 0 Å². The minimum Gasteiger partial charge on any atom is -0.310 e. The molecule has 0 atom stereocenters. The summed E-state index contributed by atoms with van der Waals surface area (Å²) in [5.74, 6) is 0. The zero-order valence-corrected chi connectivity index (χ0v) is 26.2. The SMILES string of the molecule is Cc1cc(C)cc(N(c2ccc(-c3ccccc3)cc2)c2ccc(N3c4ccccc4C(C)(C)c4ccccc43)c(C)c2)c1. The molecule has 2 heteroatoms. The Morgan fingerprint density at radius 3 is 1.57 bits per heavy atom. The molecule has 0 aromatic heterocycles. The predicted octanol–water partition coefficient (Wildman–Crippen LogP) is 11.9. The Bertz CT molecular complexity index is 1900. The Labute approximate surface area is 261 Å². The van der Waals surface area contributed by atoms with Crippen LogP contribution in [0.2, 0.25) is 0 Å². The highest BCUT2D eigenvalue weighted by molar-refractivity contribution is 5.88. The molecule has 2 nitrogen and oxygen atoms in total. The van der Waals surface area contributed by atoms with E-state index in [9.17, 15) is 0 Å². The van der Waals surface area contributed by atoms with E-state index in [2.05, 4.69) is 184 Å². The van der Waals surface area contributed by atoms with Gasteiger partial charge in [0, 0.05) is 28.2 Å². The average molecular weight is 571 g/mol. The van der Waals surface area contributed by atoms with Crippen LogP contribution in [0.4, 0.5) is 34.1 Å². The molecule has 0 aliphatic carbocycles. The third-order valence-electron chi connectivity index (χ3n) is 9.01. The van der Waals surface area contributed by atoms with E-state index in [0.717, 1.165) is 17.1 Å². The number of nitrogens with zero attached hydrogens (tertiary/aromatic N) is 2. The van der Waals surface area contributed by atoms with Crippen LogP contribution in [0.15, 0.2) is 140 Å². The summed E-state index contributed by atoms with van der Waals surface area (Å²) in [6, 6.07) is 50.9. The van der Waals surface area contributed by atoms with Crippen molar-refractivity contribution in [1.29, 1.82) is 0 Å². The Balaban J connectivity index is 1.35. The second kappa shape index (κ2) is 10.9. The predicted molar refractivity (Wildman–Crippen MR) is 188 cm³/mol. The van der Waals surface area contributed by atoms with Crippen molar-refractivity contribution in [2.45, 2.75) is 40.0 Å². The average Bonchev–Trinajstić information content (AvgIpc) is 3.03. The van der Waals surface area contributed by atoms with Crippen molar-refractivity contribution >= 4 is 34.1 Å². The smallest absolute Gasteiger partial charge is 0.0502 e. The molecule has 1 heterocycles. The van der Waals surface area contributed by atoms with Gasteiger partial charge in [-0.1, -0.05) is 98.8 Å². The minimum absolute atomic E-state index is 0.0801. The summed E-state index contributed by atoms with van der Waals surface area (Å²) in [6.45, 7) is 11.3. The minimum atomic E-state index is -0.0801. The Morgan fingerprint density at radius 2 is 0.977 bits per heavy atom. The molecule has 1 aliphatic heterocycles. The van der Waals surface area contributed by atoms with E-state index in [1.54, 1.807) is 0 Å². The maximum absolute atomic E-state index is 2.45. The third kappa shape index (κ3) is 4.77. The molecule has 0 N–H and O–H groups in total. The van der Waals surface area contributed by atoms with Gasteiger partial charge in [0.25, 0.3) is 0 Å². The van der Waals surface area contributed by atoms with E-state index in [1.165, 1.54) is 56.0 Å². The Hall–Kier alpha value is -5.08. The molecular formula is C42H38N2. The van der Waals surface area contributed by atoms with Gasteiger partial charge >= 0.3 is 0 Å².